The number of amides is 1. The fraction of sp³-hybridized carbons (Fsp3) is 0.111. The number of hydrogen-bond donors (Lipinski definition) is 1. The molecular formula is C18H15FN2O3. The number of carbonyl (C=O) groups is 1. The molecule has 3 rings (SSSR count). The van der Waals surface area contributed by atoms with Gasteiger partial charge in [0, 0.05) is 11.6 Å². The van der Waals surface area contributed by atoms with E-state index in [1.54, 1.807) is 30.3 Å². The van der Waals surface area contributed by atoms with Crippen LogP contribution in [0.3, 0.4) is 0 Å². The number of hydrogen-bond acceptors (Lipinski definition) is 4. The summed E-state index contributed by atoms with van der Waals surface area (Å²) in [6.07, 6.45) is 0. The zero-order valence-corrected chi connectivity index (χ0v) is 12.7. The van der Waals surface area contributed by atoms with Crippen LogP contribution in [0.2, 0.25) is 0 Å². The lowest BCUT2D eigenvalue weighted by Gasteiger charge is -2.05. The van der Waals surface area contributed by atoms with Crippen LogP contribution in [-0.4, -0.2) is 17.7 Å². The van der Waals surface area contributed by atoms with Gasteiger partial charge in [0.05, 0.1) is 6.54 Å². The zero-order chi connectivity index (χ0) is 16.8. The summed E-state index contributed by atoms with van der Waals surface area (Å²) in [6.45, 7) is 0.147. The third-order valence-electron chi connectivity index (χ3n) is 3.27. The molecule has 122 valence electrons. The van der Waals surface area contributed by atoms with Crippen LogP contribution in [0.5, 0.6) is 5.75 Å². The maximum absolute atomic E-state index is 12.9. The third kappa shape index (κ3) is 4.19. The van der Waals surface area contributed by atoms with E-state index < -0.39 is 0 Å². The van der Waals surface area contributed by atoms with Gasteiger partial charge >= 0.3 is 0 Å². The molecule has 6 heteroatoms. The minimum Gasteiger partial charge on any atom is -0.484 e. The van der Waals surface area contributed by atoms with Crippen LogP contribution >= 0.6 is 0 Å². The quantitative estimate of drug-likeness (QED) is 0.756. The van der Waals surface area contributed by atoms with Gasteiger partial charge in [-0.2, -0.15) is 0 Å². The van der Waals surface area contributed by atoms with Crippen molar-refractivity contribution in [3.8, 4) is 17.1 Å². The largest absolute Gasteiger partial charge is 0.484 e. The molecule has 0 fully saturated rings. The predicted octanol–water partition coefficient (Wildman–Crippen LogP) is 3.18. The van der Waals surface area contributed by atoms with Crippen LogP contribution in [0.1, 0.15) is 5.69 Å². The Morgan fingerprint density at radius 1 is 1.12 bits per heavy atom. The highest BCUT2D eigenvalue weighted by molar-refractivity contribution is 5.77. The first-order valence-corrected chi connectivity index (χ1v) is 7.37. The maximum Gasteiger partial charge on any atom is 0.258 e. The van der Waals surface area contributed by atoms with Crippen LogP contribution in [0.25, 0.3) is 11.3 Å². The number of rotatable bonds is 6. The number of nitrogens with zero attached hydrogens (tertiary/aromatic N) is 1. The van der Waals surface area contributed by atoms with Crippen molar-refractivity contribution in [3.05, 3.63) is 72.2 Å². The fourth-order valence-electron chi connectivity index (χ4n) is 2.05. The summed E-state index contributed by atoms with van der Waals surface area (Å²) in [5, 5.41) is 6.58. The summed E-state index contributed by atoms with van der Waals surface area (Å²) >= 11 is 0. The van der Waals surface area contributed by atoms with Gasteiger partial charge in [-0.1, -0.05) is 23.4 Å². The lowest BCUT2D eigenvalue weighted by atomic mass is 10.1. The van der Waals surface area contributed by atoms with Gasteiger partial charge in [-0.3, -0.25) is 4.79 Å². The van der Waals surface area contributed by atoms with Crippen LogP contribution < -0.4 is 10.1 Å². The minimum absolute atomic E-state index is 0.0767. The number of para-hydroxylation sites is 1. The minimum atomic E-state index is -0.316. The van der Waals surface area contributed by atoms with E-state index in [-0.39, 0.29) is 24.9 Å². The first kappa shape index (κ1) is 15.7. The fourth-order valence-corrected chi connectivity index (χ4v) is 2.05. The first-order valence-electron chi connectivity index (χ1n) is 7.37. The van der Waals surface area contributed by atoms with Gasteiger partial charge in [0.1, 0.15) is 17.3 Å². The Bertz CT molecular complexity index is 801. The molecule has 0 aliphatic carbocycles. The van der Waals surface area contributed by atoms with Gasteiger partial charge in [0.25, 0.3) is 5.91 Å². The normalized spacial score (nSPS) is 10.4. The van der Waals surface area contributed by atoms with Crippen LogP contribution in [-0.2, 0) is 11.3 Å². The first-order chi connectivity index (χ1) is 11.7. The topological polar surface area (TPSA) is 64.4 Å². The average molecular weight is 326 g/mol. The highest BCUT2D eigenvalue weighted by Crippen LogP contribution is 2.20. The lowest BCUT2D eigenvalue weighted by Crippen LogP contribution is -2.28. The van der Waals surface area contributed by atoms with Crippen molar-refractivity contribution in [1.82, 2.24) is 10.5 Å². The molecule has 0 bridgehead atoms. The van der Waals surface area contributed by atoms with Gasteiger partial charge in [0.2, 0.25) is 0 Å². The van der Waals surface area contributed by atoms with Crippen molar-refractivity contribution in [2.45, 2.75) is 6.54 Å². The molecule has 0 spiro atoms. The Morgan fingerprint density at radius 3 is 2.62 bits per heavy atom. The second-order valence-electron chi connectivity index (χ2n) is 5.07. The van der Waals surface area contributed by atoms with Crippen molar-refractivity contribution in [3.63, 3.8) is 0 Å². The molecule has 1 heterocycles. The average Bonchev–Trinajstić information content (AvgIpc) is 3.09. The van der Waals surface area contributed by atoms with Crippen molar-refractivity contribution >= 4 is 5.91 Å². The van der Waals surface area contributed by atoms with Crippen LogP contribution in [0, 0.1) is 5.82 Å². The summed E-state index contributed by atoms with van der Waals surface area (Å²) in [5.41, 5.74) is 1.29. The van der Waals surface area contributed by atoms with E-state index in [0.717, 1.165) is 0 Å². The second-order valence-corrected chi connectivity index (χ2v) is 5.07. The summed E-state index contributed by atoms with van der Waals surface area (Å²) < 4.78 is 23.5. The number of ether oxygens (including phenoxy) is 1. The molecule has 0 unspecified atom stereocenters. The van der Waals surface area contributed by atoms with E-state index in [0.29, 0.717) is 22.8 Å². The van der Waals surface area contributed by atoms with E-state index in [4.69, 9.17) is 9.26 Å². The summed E-state index contributed by atoms with van der Waals surface area (Å²) in [4.78, 5) is 11.8. The Labute approximate surface area is 138 Å². The number of aromatic nitrogens is 1. The standard InChI is InChI=1S/C18H15FN2O3/c19-14-8-6-13(7-9-14)17-10-15(21-24-17)11-20-18(22)12-23-16-4-2-1-3-5-16/h1-10H,11-12H2,(H,20,22). The van der Waals surface area contributed by atoms with Gasteiger partial charge in [-0.15, -0.1) is 0 Å². The maximum atomic E-state index is 12.9. The lowest BCUT2D eigenvalue weighted by molar-refractivity contribution is -0.123. The van der Waals surface area contributed by atoms with Gasteiger partial charge < -0.3 is 14.6 Å². The molecule has 5 nitrogen and oxygen atoms in total. The predicted molar refractivity (Wildman–Crippen MR) is 85.7 cm³/mol. The molecule has 1 amide bonds. The zero-order valence-electron chi connectivity index (χ0n) is 12.7. The van der Waals surface area contributed by atoms with E-state index in [9.17, 15) is 9.18 Å². The third-order valence-corrected chi connectivity index (χ3v) is 3.27. The van der Waals surface area contributed by atoms with Crippen molar-refractivity contribution in [2.75, 3.05) is 6.61 Å². The van der Waals surface area contributed by atoms with Gasteiger partial charge in [-0.25, -0.2) is 4.39 Å². The Balaban J connectivity index is 1.50. The number of benzene rings is 2. The highest BCUT2D eigenvalue weighted by atomic mass is 19.1. The molecule has 0 aliphatic rings. The Hall–Kier alpha value is -3.15. The molecule has 1 aromatic heterocycles. The molecule has 0 aliphatic heterocycles. The molecule has 2 aromatic carbocycles. The van der Waals surface area contributed by atoms with Gasteiger partial charge in [-0.05, 0) is 36.4 Å². The Kier molecular flexibility index (Phi) is 4.86. The molecule has 0 radical (unpaired) electrons. The van der Waals surface area contributed by atoms with E-state index in [2.05, 4.69) is 10.5 Å². The molecule has 24 heavy (non-hydrogen) atoms. The summed E-state index contributed by atoms with van der Waals surface area (Å²) in [7, 11) is 0. The SMILES string of the molecule is O=C(COc1ccccc1)NCc1cc(-c2ccc(F)cc2)on1. The summed E-state index contributed by atoms with van der Waals surface area (Å²) in [5.74, 6) is 0.571. The van der Waals surface area contributed by atoms with Crippen molar-refractivity contribution in [2.24, 2.45) is 0 Å². The molecule has 1 N–H and O–H groups in total. The van der Waals surface area contributed by atoms with Crippen LogP contribution in [0.4, 0.5) is 4.39 Å². The van der Waals surface area contributed by atoms with Crippen molar-refractivity contribution < 1.29 is 18.4 Å². The molecule has 0 saturated heterocycles. The van der Waals surface area contributed by atoms with E-state index in [1.807, 2.05) is 18.2 Å². The number of carbonyl (C=O) groups excluding carboxylic acids is 1. The van der Waals surface area contributed by atoms with Gasteiger partial charge in [0.15, 0.2) is 12.4 Å². The number of halogens is 1. The second kappa shape index (κ2) is 7.41. The van der Waals surface area contributed by atoms with Crippen LogP contribution in [0.15, 0.2) is 65.2 Å². The van der Waals surface area contributed by atoms with E-state index >= 15 is 0 Å². The smallest absolute Gasteiger partial charge is 0.258 e. The molecule has 0 atom stereocenters. The summed E-state index contributed by atoms with van der Waals surface area (Å²) in [6, 6.07) is 16.7. The molecular weight excluding hydrogens is 311 g/mol. The Morgan fingerprint density at radius 2 is 1.88 bits per heavy atom. The highest BCUT2D eigenvalue weighted by Gasteiger charge is 2.09. The molecule has 3 aromatic rings. The number of nitrogens with one attached hydrogen (secondary N) is 1. The van der Waals surface area contributed by atoms with E-state index in [1.165, 1.54) is 12.1 Å². The molecule has 0 saturated carbocycles. The van der Waals surface area contributed by atoms with Crippen molar-refractivity contribution in [1.29, 1.82) is 0 Å². The monoisotopic (exact) mass is 326 g/mol.